The monoisotopic (exact) mass is 352 g/mol. The van der Waals surface area contributed by atoms with Gasteiger partial charge in [-0.05, 0) is 49.4 Å². The lowest BCUT2D eigenvalue weighted by Gasteiger charge is -2.60. The minimum absolute atomic E-state index is 0.0448. The summed E-state index contributed by atoms with van der Waals surface area (Å²) in [4.78, 5) is 11.8. The van der Waals surface area contributed by atoms with Gasteiger partial charge in [0.05, 0.1) is 5.60 Å². The largest absolute Gasteiger partial charge is 0.507 e. The Morgan fingerprint density at radius 2 is 1.88 bits per heavy atom. The van der Waals surface area contributed by atoms with E-state index < -0.39 is 11.0 Å². The van der Waals surface area contributed by atoms with Crippen LogP contribution >= 0.6 is 11.6 Å². The molecule has 3 nitrogen and oxygen atoms in total. The number of alkyl halides is 1. The van der Waals surface area contributed by atoms with Crippen molar-refractivity contribution in [2.24, 2.45) is 22.7 Å². The topological polar surface area (TPSA) is 57.5 Å². The second kappa shape index (κ2) is 5.60. The van der Waals surface area contributed by atoms with Crippen molar-refractivity contribution in [3.8, 4) is 0 Å². The van der Waals surface area contributed by atoms with Crippen LogP contribution in [0.5, 0.6) is 0 Å². The van der Waals surface area contributed by atoms with Crippen LogP contribution in [0.4, 0.5) is 0 Å². The number of carbonyl (C=O) groups excluding carboxylic acids is 1. The van der Waals surface area contributed by atoms with Crippen LogP contribution in [-0.4, -0.2) is 27.0 Å². The Balaban J connectivity index is 2.06. The van der Waals surface area contributed by atoms with Crippen molar-refractivity contribution in [2.75, 3.05) is 0 Å². The number of rotatable bonds is 1. The van der Waals surface area contributed by atoms with Crippen molar-refractivity contribution in [3.63, 3.8) is 0 Å². The SMILES string of the molecule is CC1(C)CCC[C@]2(C)[C@@H](/C=C3\C(O)=CC(=O)[C@@H]3Cl)[C@@](C)(O)CC[C@@H]12. The van der Waals surface area contributed by atoms with E-state index in [1.54, 1.807) is 0 Å². The number of aliphatic hydroxyl groups is 2. The highest BCUT2D eigenvalue weighted by atomic mass is 35.5. The molecular weight excluding hydrogens is 324 g/mol. The van der Waals surface area contributed by atoms with Gasteiger partial charge in [0, 0.05) is 17.6 Å². The number of aliphatic hydroxyl groups excluding tert-OH is 1. The quantitative estimate of drug-likeness (QED) is 0.681. The number of hydrogen-bond donors (Lipinski definition) is 2. The third-order valence-electron chi connectivity index (χ3n) is 7.04. The molecule has 0 aliphatic heterocycles. The summed E-state index contributed by atoms with van der Waals surface area (Å²) < 4.78 is 0. The van der Waals surface area contributed by atoms with Gasteiger partial charge in [-0.2, -0.15) is 0 Å². The third-order valence-corrected chi connectivity index (χ3v) is 7.49. The highest BCUT2D eigenvalue weighted by molar-refractivity contribution is 6.36. The van der Waals surface area contributed by atoms with E-state index in [2.05, 4.69) is 20.8 Å². The molecule has 0 aromatic carbocycles. The van der Waals surface area contributed by atoms with Gasteiger partial charge in [0.25, 0.3) is 0 Å². The van der Waals surface area contributed by atoms with Gasteiger partial charge < -0.3 is 10.2 Å². The molecule has 2 fully saturated rings. The number of halogens is 1. The summed E-state index contributed by atoms with van der Waals surface area (Å²) >= 11 is 6.20. The molecule has 0 aromatic heterocycles. The maximum Gasteiger partial charge on any atom is 0.181 e. The Bertz CT molecular complexity index is 616. The second-order valence-corrected chi connectivity index (χ2v) is 9.63. The fourth-order valence-electron chi connectivity index (χ4n) is 5.85. The van der Waals surface area contributed by atoms with Crippen LogP contribution in [-0.2, 0) is 4.79 Å². The molecule has 0 amide bonds. The molecule has 3 rings (SSSR count). The summed E-state index contributed by atoms with van der Waals surface area (Å²) in [5.74, 6) is 0.0667. The lowest BCUT2D eigenvalue weighted by atomic mass is 9.45. The van der Waals surface area contributed by atoms with E-state index in [1.165, 1.54) is 12.5 Å². The number of allylic oxidation sites excluding steroid dienone is 2. The van der Waals surface area contributed by atoms with Crippen molar-refractivity contribution in [1.29, 1.82) is 0 Å². The highest BCUT2D eigenvalue weighted by Gasteiger charge is 2.57. The zero-order chi connectivity index (χ0) is 17.9. The van der Waals surface area contributed by atoms with Gasteiger partial charge in [-0.15, -0.1) is 11.6 Å². The molecule has 134 valence electrons. The van der Waals surface area contributed by atoms with E-state index in [0.717, 1.165) is 25.7 Å². The zero-order valence-corrected chi connectivity index (χ0v) is 15.9. The molecular formula is C20H29ClO3. The van der Waals surface area contributed by atoms with E-state index in [9.17, 15) is 15.0 Å². The molecule has 0 heterocycles. The summed E-state index contributed by atoms with van der Waals surface area (Å²) in [5.41, 5.74) is -0.200. The standard InChI is InChI=1S/C20H29ClO3/c1-18(2)7-5-8-19(3)15(18)6-9-20(4,24)16(19)10-12-13(22)11-14(23)17(12)21/h10-11,15-17,22,24H,5-9H2,1-4H3/b12-10+/t15-,16+,17+,19-,20-/m0/s1. The van der Waals surface area contributed by atoms with E-state index >= 15 is 0 Å². The van der Waals surface area contributed by atoms with E-state index in [0.29, 0.717) is 11.5 Å². The number of carbonyl (C=O) groups is 1. The average molecular weight is 353 g/mol. The fraction of sp³-hybridized carbons (Fsp3) is 0.750. The van der Waals surface area contributed by atoms with Crippen LogP contribution in [0.2, 0.25) is 0 Å². The van der Waals surface area contributed by atoms with Crippen LogP contribution in [0.1, 0.15) is 59.8 Å². The predicted molar refractivity (Wildman–Crippen MR) is 96.0 cm³/mol. The second-order valence-electron chi connectivity index (χ2n) is 9.19. The Labute approximate surface area is 149 Å². The molecule has 3 aliphatic rings. The molecule has 0 aromatic rings. The van der Waals surface area contributed by atoms with Crippen LogP contribution in [0, 0.1) is 22.7 Å². The third kappa shape index (κ3) is 2.64. The van der Waals surface area contributed by atoms with Crippen molar-refractivity contribution in [2.45, 2.75) is 70.8 Å². The summed E-state index contributed by atoms with van der Waals surface area (Å²) in [6, 6.07) is 0. The number of ketones is 1. The predicted octanol–water partition coefficient (Wildman–Crippen LogP) is 4.54. The number of hydrogen-bond acceptors (Lipinski definition) is 3. The van der Waals surface area contributed by atoms with Crippen molar-refractivity contribution >= 4 is 17.4 Å². The summed E-state index contributed by atoms with van der Waals surface area (Å²) in [5, 5.41) is 20.4. The van der Waals surface area contributed by atoms with Gasteiger partial charge >= 0.3 is 0 Å². The summed E-state index contributed by atoms with van der Waals surface area (Å²) in [6.45, 7) is 8.83. The molecule has 0 unspecified atom stereocenters. The van der Waals surface area contributed by atoms with Crippen molar-refractivity contribution < 1.29 is 15.0 Å². The van der Waals surface area contributed by atoms with Crippen LogP contribution in [0.15, 0.2) is 23.5 Å². The molecule has 4 heteroatoms. The molecule has 0 spiro atoms. The van der Waals surface area contributed by atoms with Gasteiger partial charge in [-0.25, -0.2) is 0 Å². The van der Waals surface area contributed by atoms with Gasteiger partial charge in [0.15, 0.2) is 5.78 Å². The Morgan fingerprint density at radius 3 is 2.46 bits per heavy atom. The minimum Gasteiger partial charge on any atom is -0.507 e. The zero-order valence-electron chi connectivity index (χ0n) is 15.1. The van der Waals surface area contributed by atoms with E-state index in [-0.39, 0.29) is 28.3 Å². The first-order valence-electron chi connectivity index (χ1n) is 9.02. The van der Waals surface area contributed by atoms with Gasteiger partial charge in [0.2, 0.25) is 0 Å². The molecule has 2 N–H and O–H groups in total. The molecule has 24 heavy (non-hydrogen) atoms. The Hall–Kier alpha value is -0.800. The Kier molecular flexibility index (Phi) is 4.20. The first kappa shape index (κ1) is 18.0. The summed E-state index contributed by atoms with van der Waals surface area (Å²) in [7, 11) is 0. The number of fused-ring (bicyclic) bond motifs is 1. The summed E-state index contributed by atoms with van der Waals surface area (Å²) in [6.07, 6.45) is 8.25. The molecule has 2 saturated carbocycles. The molecule has 3 aliphatic carbocycles. The van der Waals surface area contributed by atoms with Crippen LogP contribution < -0.4 is 0 Å². The van der Waals surface area contributed by atoms with Gasteiger partial charge in [0.1, 0.15) is 11.1 Å². The van der Waals surface area contributed by atoms with E-state index in [4.69, 9.17) is 11.6 Å². The molecule has 0 saturated heterocycles. The molecule has 5 atom stereocenters. The molecule has 0 radical (unpaired) electrons. The lowest BCUT2D eigenvalue weighted by molar-refractivity contribution is -0.149. The minimum atomic E-state index is -0.853. The first-order chi connectivity index (χ1) is 11.0. The Morgan fingerprint density at radius 1 is 1.21 bits per heavy atom. The molecule has 0 bridgehead atoms. The van der Waals surface area contributed by atoms with Gasteiger partial charge in [-0.1, -0.05) is 33.3 Å². The average Bonchev–Trinajstić information content (AvgIpc) is 2.67. The van der Waals surface area contributed by atoms with Crippen LogP contribution in [0.3, 0.4) is 0 Å². The normalized spacial score (nSPS) is 46.8. The highest BCUT2D eigenvalue weighted by Crippen LogP contribution is 2.62. The van der Waals surface area contributed by atoms with Crippen molar-refractivity contribution in [1.82, 2.24) is 0 Å². The van der Waals surface area contributed by atoms with Crippen LogP contribution in [0.25, 0.3) is 0 Å². The first-order valence-corrected chi connectivity index (χ1v) is 9.46. The van der Waals surface area contributed by atoms with Crippen molar-refractivity contribution in [3.05, 3.63) is 23.5 Å². The van der Waals surface area contributed by atoms with Gasteiger partial charge in [-0.3, -0.25) is 4.79 Å². The van der Waals surface area contributed by atoms with E-state index in [1.807, 2.05) is 13.0 Å². The fourth-order valence-corrected chi connectivity index (χ4v) is 6.10. The lowest BCUT2D eigenvalue weighted by Crippen LogP contribution is -2.57. The smallest absolute Gasteiger partial charge is 0.181 e. The maximum absolute atomic E-state index is 11.8. The maximum atomic E-state index is 11.8.